The SMILES string of the molecule is O=C(Nc1ccccc1C(F)(F)F)c1cncc(O)c1. The summed E-state index contributed by atoms with van der Waals surface area (Å²) >= 11 is 0. The Morgan fingerprint density at radius 1 is 1.20 bits per heavy atom. The Morgan fingerprint density at radius 3 is 2.55 bits per heavy atom. The number of anilines is 1. The van der Waals surface area contributed by atoms with E-state index in [0.29, 0.717) is 0 Å². The van der Waals surface area contributed by atoms with Crippen LogP contribution >= 0.6 is 0 Å². The average Bonchev–Trinajstić information content (AvgIpc) is 2.38. The average molecular weight is 282 g/mol. The molecule has 104 valence electrons. The van der Waals surface area contributed by atoms with Crippen LogP contribution in [0.15, 0.2) is 42.7 Å². The van der Waals surface area contributed by atoms with Crippen molar-refractivity contribution in [3.05, 3.63) is 53.9 Å². The Morgan fingerprint density at radius 2 is 1.90 bits per heavy atom. The minimum Gasteiger partial charge on any atom is -0.506 e. The summed E-state index contributed by atoms with van der Waals surface area (Å²) in [5.41, 5.74) is -1.34. The number of alkyl halides is 3. The predicted molar refractivity (Wildman–Crippen MR) is 65.3 cm³/mol. The van der Waals surface area contributed by atoms with Gasteiger partial charge in [-0.05, 0) is 18.2 Å². The summed E-state index contributed by atoms with van der Waals surface area (Å²) in [6, 6.07) is 5.74. The molecular weight excluding hydrogens is 273 g/mol. The van der Waals surface area contributed by atoms with Gasteiger partial charge < -0.3 is 10.4 Å². The van der Waals surface area contributed by atoms with Gasteiger partial charge in [0.25, 0.3) is 5.91 Å². The molecule has 0 radical (unpaired) electrons. The van der Waals surface area contributed by atoms with Gasteiger partial charge in [-0.2, -0.15) is 13.2 Å². The van der Waals surface area contributed by atoms with Crippen LogP contribution in [0.25, 0.3) is 0 Å². The number of hydrogen-bond donors (Lipinski definition) is 2. The van der Waals surface area contributed by atoms with Crippen LogP contribution in [0.4, 0.5) is 18.9 Å². The Bertz CT molecular complexity index is 642. The number of aromatic hydroxyl groups is 1. The number of aromatic nitrogens is 1. The van der Waals surface area contributed by atoms with Crippen molar-refractivity contribution in [3.63, 3.8) is 0 Å². The number of nitrogens with zero attached hydrogens (tertiary/aromatic N) is 1. The molecule has 0 aliphatic carbocycles. The zero-order valence-corrected chi connectivity index (χ0v) is 9.98. The van der Waals surface area contributed by atoms with Crippen LogP contribution in [0.2, 0.25) is 0 Å². The third kappa shape index (κ3) is 3.05. The largest absolute Gasteiger partial charge is 0.506 e. The summed E-state index contributed by atoms with van der Waals surface area (Å²) in [6.45, 7) is 0. The molecule has 0 saturated heterocycles. The second-order valence-corrected chi connectivity index (χ2v) is 3.93. The Kier molecular flexibility index (Phi) is 3.60. The van der Waals surface area contributed by atoms with Gasteiger partial charge in [0, 0.05) is 6.20 Å². The second kappa shape index (κ2) is 5.20. The van der Waals surface area contributed by atoms with E-state index in [1.807, 2.05) is 0 Å². The van der Waals surface area contributed by atoms with Crippen molar-refractivity contribution in [1.29, 1.82) is 0 Å². The lowest BCUT2D eigenvalue weighted by Gasteiger charge is -2.13. The maximum Gasteiger partial charge on any atom is 0.418 e. The highest BCUT2D eigenvalue weighted by molar-refractivity contribution is 6.04. The first-order valence-corrected chi connectivity index (χ1v) is 5.49. The maximum absolute atomic E-state index is 12.8. The van der Waals surface area contributed by atoms with Gasteiger partial charge in [0.15, 0.2) is 0 Å². The van der Waals surface area contributed by atoms with Gasteiger partial charge in [0.2, 0.25) is 0 Å². The zero-order chi connectivity index (χ0) is 14.8. The van der Waals surface area contributed by atoms with Crippen molar-refractivity contribution >= 4 is 11.6 Å². The lowest BCUT2D eigenvalue weighted by Crippen LogP contribution is -2.16. The molecule has 0 aliphatic rings. The molecule has 0 fully saturated rings. The summed E-state index contributed by atoms with van der Waals surface area (Å²) in [4.78, 5) is 15.4. The zero-order valence-electron chi connectivity index (χ0n) is 9.98. The van der Waals surface area contributed by atoms with Crippen molar-refractivity contribution < 1.29 is 23.1 Å². The fraction of sp³-hybridized carbons (Fsp3) is 0.0769. The maximum atomic E-state index is 12.8. The Labute approximate surface area is 111 Å². The van der Waals surface area contributed by atoms with Gasteiger partial charge in [-0.3, -0.25) is 9.78 Å². The van der Waals surface area contributed by atoms with Crippen LogP contribution in [0.1, 0.15) is 15.9 Å². The van der Waals surface area contributed by atoms with Crippen molar-refractivity contribution in [2.75, 3.05) is 5.32 Å². The van der Waals surface area contributed by atoms with E-state index in [0.717, 1.165) is 30.6 Å². The molecule has 2 N–H and O–H groups in total. The van der Waals surface area contributed by atoms with E-state index in [1.165, 1.54) is 12.1 Å². The van der Waals surface area contributed by atoms with E-state index in [2.05, 4.69) is 10.3 Å². The molecule has 2 aromatic rings. The number of carbonyl (C=O) groups excluding carboxylic acids is 1. The van der Waals surface area contributed by atoms with Gasteiger partial charge in [-0.15, -0.1) is 0 Å². The summed E-state index contributed by atoms with van der Waals surface area (Å²) in [6.07, 6.45) is -2.31. The lowest BCUT2D eigenvalue weighted by molar-refractivity contribution is -0.136. The van der Waals surface area contributed by atoms with E-state index in [-0.39, 0.29) is 17.0 Å². The summed E-state index contributed by atoms with van der Waals surface area (Å²) in [5, 5.41) is 11.3. The fourth-order valence-corrected chi connectivity index (χ4v) is 1.59. The van der Waals surface area contributed by atoms with Crippen molar-refractivity contribution in [2.24, 2.45) is 0 Å². The minimum absolute atomic E-state index is 0.0398. The first-order chi connectivity index (χ1) is 9.38. The number of benzene rings is 1. The summed E-state index contributed by atoms with van der Waals surface area (Å²) in [5.74, 6) is -1.04. The van der Waals surface area contributed by atoms with E-state index in [1.54, 1.807) is 0 Å². The van der Waals surface area contributed by atoms with Crippen molar-refractivity contribution in [2.45, 2.75) is 6.18 Å². The van der Waals surface area contributed by atoms with E-state index in [9.17, 15) is 23.1 Å². The van der Waals surface area contributed by atoms with Crippen LogP contribution in [0.5, 0.6) is 5.75 Å². The number of rotatable bonds is 2. The standard InChI is InChI=1S/C13H9F3N2O2/c14-13(15,16)10-3-1-2-4-11(10)18-12(20)8-5-9(19)7-17-6-8/h1-7,19H,(H,18,20). The molecule has 2 rings (SSSR count). The molecular formula is C13H9F3N2O2. The molecule has 0 unspecified atom stereocenters. The van der Waals surface area contributed by atoms with Crippen LogP contribution < -0.4 is 5.32 Å². The van der Waals surface area contributed by atoms with Gasteiger partial charge in [-0.25, -0.2) is 0 Å². The quantitative estimate of drug-likeness (QED) is 0.889. The number of hydrogen-bond acceptors (Lipinski definition) is 3. The molecule has 0 atom stereocenters. The van der Waals surface area contributed by atoms with Crippen LogP contribution in [-0.4, -0.2) is 16.0 Å². The molecule has 4 nitrogen and oxygen atoms in total. The summed E-state index contributed by atoms with van der Waals surface area (Å²) in [7, 11) is 0. The highest BCUT2D eigenvalue weighted by Crippen LogP contribution is 2.34. The number of halogens is 3. The van der Waals surface area contributed by atoms with Crippen LogP contribution in [0.3, 0.4) is 0 Å². The second-order valence-electron chi connectivity index (χ2n) is 3.93. The Hall–Kier alpha value is -2.57. The molecule has 0 spiro atoms. The Balaban J connectivity index is 2.29. The van der Waals surface area contributed by atoms with Crippen LogP contribution in [0, 0.1) is 0 Å². The van der Waals surface area contributed by atoms with Gasteiger partial charge in [-0.1, -0.05) is 12.1 Å². The molecule has 0 bridgehead atoms. The number of para-hydroxylation sites is 1. The van der Waals surface area contributed by atoms with Crippen molar-refractivity contribution in [3.8, 4) is 5.75 Å². The number of carbonyl (C=O) groups is 1. The van der Waals surface area contributed by atoms with E-state index < -0.39 is 17.6 Å². The molecule has 1 amide bonds. The molecule has 0 saturated carbocycles. The highest BCUT2D eigenvalue weighted by atomic mass is 19.4. The monoisotopic (exact) mass is 282 g/mol. The fourth-order valence-electron chi connectivity index (χ4n) is 1.59. The summed E-state index contributed by atoms with van der Waals surface area (Å²) < 4.78 is 38.3. The normalized spacial score (nSPS) is 11.2. The van der Waals surface area contributed by atoms with Gasteiger partial charge >= 0.3 is 6.18 Å². The molecule has 7 heteroatoms. The van der Waals surface area contributed by atoms with Gasteiger partial charge in [0.05, 0.1) is 23.0 Å². The molecule has 1 aromatic carbocycles. The van der Waals surface area contributed by atoms with E-state index >= 15 is 0 Å². The number of pyridine rings is 1. The number of amides is 1. The molecule has 1 heterocycles. The molecule has 20 heavy (non-hydrogen) atoms. The van der Waals surface area contributed by atoms with E-state index in [4.69, 9.17) is 0 Å². The molecule has 0 aliphatic heterocycles. The topological polar surface area (TPSA) is 62.2 Å². The first-order valence-electron chi connectivity index (χ1n) is 5.49. The van der Waals surface area contributed by atoms with Crippen molar-refractivity contribution in [1.82, 2.24) is 4.98 Å². The van der Waals surface area contributed by atoms with Crippen LogP contribution in [-0.2, 0) is 6.18 Å². The third-order valence-corrected chi connectivity index (χ3v) is 2.47. The van der Waals surface area contributed by atoms with Gasteiger partial charge in [0.1, 0.15) is 5.75 Å². The predicted octanol–water partition coefficient (Wildman–Crippen LogP) is 3.06. The smallest absolute Gasteiger partial charge is 0.418 e. The third-order valence-electron chi connectivity index (χ3n) is 2.47. The highest BCUT2D eigenvalue weighted by Gasteiger charge is 2.33. The lowest BCUT2D eigenvalue weighted by atomic mass is 10.1. The molecule has 1 aromatic heterocycles. The minimum atomic E-state index is -4.57. The first kappa shape index (κ1) is 13.9. The number of nitrogens with one attached hydrogen (secondary N) is 1.